The molecule has 3 fully saturated rings. The molecule has 0 bridgehead atoms. The second kappa shape index (κ2) is 8.81. The summed E-state index contributed by atoms with van der Waals surface area (Å²) in [6.45, 7) is 14.4. The van der Waals surface area contributed by atoms with Crippen molar-refractivity contribution in [3.8, 4) is 0 Å². The van der Waals surface area contributed by atoms with E-state index < -0.39 is 0 Å². The fourth-order valence-electron chi connectivity index (χ4n) is 9.65. The number of carbonyl (C=O) groups excluding carboxylic acids is 2. The Morgan fingerprint density at radius 3 is 2.38 bits per heavy atom. The van der Waals surface area contributed by atoms with E-state index in [1.165, 1.54) is 5.57 Å². The molecule has 0 spiro atoms. The minimum Gasteiger partial charge on any atom is -0.504 e. The van der Waals surface area contributed by atoms with Crippen molar-refractivity contribution in [2.45, 2.75) is 93.0 Å². The van der Waals surface area contributed by atoms with Crippen molar-refractivity contribution in [3.63, 3.8) is 0 Å². The Balaban J connectivity index is 1.34. The van der Waals surface area contributed by atoms with Gasteiger partial charge in [0.05, 0.1) is 0 Å². The highest BCUT2D eigenvalue weighted by molar-refractivity contribution is 6.06. The molecule has 1 aromatic rings. The number of amides is 1. The lowest BCUT2D eigenvalue weighted by molar-refractivity contribution is -0.169. The summed E-state index contributed by atoms with van der Waals surface area (Å²) in [5, 5.41) is 13.7. The summed E-state index contributed by atoms with van der Waals surface area (Å²) in [5.41, 5.74) is 4.98. The summed E-state index contributed by atoms with van der Waals surface area (Å²) in [4.78, 5) is 26.5. The van der Waals surface area contributed by atoms with Gasteiger partial charge < -0.3 is 10.4 Å². The third kappa shape index (κ3) is 3.63. The molecule has 0 aromatic heterocycles. The fourth-order valence-corrected chi connectivity index (χ4v) is 9.65. The van der Waals surface area contributed by atoms with E-state index in [0.717, 1.165) is 61.7 Å². The van der Waals surface area contributed by atoms with E-state index in [2.05, 4.69) is 64.2 Å². The number of nitrogens with one attached hydrogen (secondary N) is 1. The van der Waals surface area contributed by atoms with Crippen LogP contribution in [0.1, 0.15) is 92.1 Å². The molecule has 0 unspecified atom stereocenters. The molecule has 4 heteroatoms. The number of allylic oxidation sites excluding steroid dienone is 7. The van der Waals surface area contributed by atoms with Crippen molar-refractivity contribution < 1.29 is 14.7 Å². The van der Waals surface area contributed by atoms with Crippen molar-refractivity contribution in [3.05, 3.63) is 82.2 Å². The lowest BCUT2D eigenvalue weighted by atomic mass is 9.34. The number of ketones is 1. The minimum absolute atomic E-state index is 0.0357. The maximum atomic E-state index is 13.7. The van der Waals surface area contributed by atoms with E-state index in [4.69, 9.17) is 0 Å². The van der Waals surface area contributed by atoms with Gasteiger partial charge in [0.15, 0.2) is 5.76 Å². The number of fused-ring (bicyclic) bond motifs is 7. The molecule has 1 amide bonds. The van der Waals surface area contributed by atoms with Crippen LogP contribution >= 0.6 is 0 Å². The van der Waals surface area contributed by atoms with E-state index in [1.807, 2.05) is 25.1 Å². The van der Waals surface area contributed by atoms with Gasteiger partial charge in [-0.15, -0.1) is 0 Å². The molecule has 0 heterocycles. The molecule has 40 heavy (non-hydrogen) atoms. The van der Waals surface area contributed by atoms with Crippen LogP contribution in [0.5, 0.6) is 0 Å². The SMILES string of the molecule is CC1=C(O)C(=O)C=C2C1=CC=C1[C@@]2(C)CC[C@@]2(C)[C@@H]3C[C@](C)(C(=O)NCc4ccccc4)CC[C@]3(C)CC[C@]12C. The number of rotatable bonds is 3. The predicted octanol–water partition coefficient (Wildman–Crippen LogP) is 7.93. The zero-order valence-electron chi connectivity index (χ0n) is 25.1. The molecule has 3 saturated carbocycles. The maximum absolute atomic E-state index is 13.7. The zero-order chi connectivity index (χ0) is 28.7. The third-order valence-electron chi connectivity index (χ3n) is 12.7. The van der Waals surface area contributed by atoms with Gasteiger partial charge in [0, 0.05) is 22.9 Å². The number of benzene rings is 1. The standard InChI is InChI=1S/C36H45NO3/c1-23-25-12-13-28-34(4,26(25)20-27(38)30(23)39)17-19-36(6)29-21-33(3,15-14-32(29,2)16-18-35(28,36)5)31(40)37-22-24-10-8-7-9-11-24/h7-13,20,29,39H,14-19,21-22H2,1-6H3,(H,37,40)/t29-,32-,33-,34+,35-,36+/m1/s1. The largest absolute Gasteiger partial charge is 0.504 e. The van der Waals surface area contributed by atoms with Gasteiger partial charge >= 0.3 is 0 Å². The van der Waals surface area contributed by atoms with Crippen molar-refractivity contribution in [2.75, 3.05) is 0 Å². The predicted molar refractivity (Wildman–Crippen MR) is 159 cm³/mol. The lowest BCUT2D eigenvalue weighted by Gasteiger charge is -2.70. The third-order valence-corrected chi connectivity index (χ3v) is 12.7. The summed E-state index contributed by atoms with van der Waals surface area (Å²) in [7, 11) is 0. The van der Waals surface area contributed by atoms with Gasteiger partial charge in [-0.25, -0.2) is 0 Å². The quantitative estimate of drug-likeness (QED) is 0.410. The average Bonchev–Trinajstić information content (AvgIpc) is 2.94. The van der Waals surface area contributed by atoms with Gasteiger partial charge in [-0.05, 0) is 96.8 Å². The Bertz CT molecular complexity index is 1410. The van der Waals surface area contributed by atoms with Crippen molar-refractivity contribution in [1.29, 1.82) is 0 Å². The molecule has 6 atom stereocenters. The molecule has 1 aromatic carbocycles. The smallest absolute Gasteiger partial charge is 0.226 e. The average molecular weight is 540 g/mol. The van der Waals surface area contributed by atoms with Gasteiger partial charge in [0.1, 0.15) is 0 Å². The first kappa shape index (κ1) is 27.3. The molecular formula is C36H45NO3. The van der Waals surface area contributed by atoms with E-state index >= 15 is 0 Å². The highest BCUT2D eigenvalue weighted by Gasteiger charge is 2.67. The molecule has 0 saturated heterocycles. The van der Waals surface area contributed by atoms with Gasteiger partial charge in [-0.3, -0.25) is 9.59 Å². The molecule has 0 radical (unpaired) electrons. The van der Waals surface area contributed by atoms with Crippen LogP contribution in [0.25, 0.3) is 0 Å². The zero-order valence-corrected chi connectivity index (χ0v) is 25.1. The first-order valence-electron chi connectivity index (χ1n) is 15.2. The molecular weight excluding hydrogens is 494 g/mol. The van der Waals surface area contributed by atoms with Crippen LogP contribution in [0, 0.1) is 33.0 Å². The number of hydrogen-bond acceptors (Lipinski definition) is 3. The lowest BCUT2D eigenvalue weighted by Crippen LogP contribution is -2.62. The molecule has 212 valence electrons. The number of aliphatic hydroxyl groups excluding tert-OH is 1. The van der Waals surface area contributed by atoms with Crippen molar-refractivity contribution in [2.24, 2.45) is 33.0 Å². The first-order chi connectivity index (χ1) is 18.8. The molecule has 2 N–H and O–H groups in total. The Morgan fingerprint density at radius 2 is 1.65 bits per heavy atom. The van der Waals surface area contributed by atoms with Crippen LogP contribution < -0.4 is 5.32 Å². The van der Waals surface area contributed by atoms with E-state index in [0.29, 0.717) is 18.0 Å². The van der Waals surface area contributed by atoms with Crippen molar-refractivity contribution in [1.82, 2.24) is 5.32 Å². The minimum atomic E-state index is -0.382. The molecule has 6 rings (SSSR count). The Labute approximate surface area is 239 Å². The van der Waals surface area contributed by atoms with Crippen LogP contribution in [-0.2, 0) is 16.1 Å². The van der Waals surface area contributed by atoms with E-state index in [9.17, 15) is 14.7 Å². The number of aliphatic hydroxyl groups is 1. The summed E-state index contributed by atoms with van der Waals surface area (Å²) in [6, 6.07) is 10.2. The highest BCUT2D eigenvalue weighted by Crippen LogP contribution is 2.75. The van der Waals surface area contributed by atoms with Crippen LogP contribution in [0.4, 0.5) is 0 Å². The maximum Gasteiger partial charge on any atom is 0.226 e. The molecule has 5 aliphatic rings. The number of hydrogen-bond donors (Lipinski definition) is 2. The second-order valence-electron chi connectivity index (χ2n) is 14.8. The van der Waals surface area contributed by atoms with Gasteiger partial charge in [-0.2, -0.15) is 0 Å². The highest BCUT2D eigenvalue weighted by atomic mass is 16.3. The van der Waals surface area contributed by atoms with Gasteiger partial charge in [-0.1, -0.05) is 82.7 Å². The van der Waals surface area contributed by atoms with E-state index in [-0.39, 0.29) is 44.5 Å². The molecule has 0 aliphatic heterocycles. The van der Waals surface area contributed by atoms with Crippen LogP contribution in [-0.4, -0.2) is 16.8 Å². The van der Waals surface area contributed by atoms with Crippen LogP contribution in [0.2, 0.25) is 0 Å². The normalized spacial score (nSPS) is 40.5. The monoisotopic (exact) mass is 539 g/mol. The van der Waals surface area contributed by atoms with Crippen LogP contribution in [0.15, 0.2) is 76.6 Å². The topological polar surface area (TPSA) is 66.4 Å². The number of carbonyl (C=O) groups is 2. The van der Waals surface area contributed by atoms with Gasteiger partial charge in [0.2, 0.25) is 11.7 Å². The Hall–Kier alpha value is -2.88. The summed E-state index contributed by atoms with van der Waals surface area (Å²) >= 11 is 0. The Morgan fingerprint density at radius 1 is 0.950 bits per heavy atom. The fraction of sp³-hybridized carbons (Fsp3) is 0.556. The first-order valence-corrected chi connectivity index (χ1v) is 15.2. The summed E-state index contributed by atoms with van der Waals surface area (Å²) in [6.07, 6.45) is 13.4. The van der Waals surface area contributed by atoms with Crippen LogP contribution in [0.3, 0.4) is 0 Å². The van der Waals surface area contributed by atoms with E-state index in [1.54, 1.807) is 6.08 Å². The van der Waals surface area contributed by atoms with Gasteiger partial charge in [0.25, 0.3) is 0 Å². The second-order valence-corrected chi connectivity index (χ2v) is 14.8. The molecule has 5 aliphatic carbocycles. The summed E-state index contributed by atoms with van der Waals surface area (Å²) < 4.78 is 0. The summed E-state index contributed by atoms with van der Waals surface area (Å²) in [5.74, 6) is 0.227. The van der Waals surface area contributed by atoms with Crippen molar-refractivity contribution >= 4 is 11.7 Å². The Kier molecular flexibility index (Phi) is 6.01. The molecule has 4 nitrogen and oxygen atoms in total.